The smallest absolute Gasteiger partial charge is 0.147 e. The Morgan fingerprint density at radius 1 is 0.540 bits per heavy atom. The van der Waals surface area contributed by atoms with E-state index in [1.54, 1.807) is 0 Å². The van der Waals surface area contributed by atoms with Gasteiger partial charge in [-0.2, -0.15) is 0 Å². The lowest BCUT2D eigenvalue weighted by Crippen LogP contribution is -2.12. The number of nitrogens with one attached hydrogen (secondary N) is 1. The minimum atomic E-state index is -0.0653. The van der Waals surface area contributed by atoms with Gasteiger partial charge in [0.2, 0.25) is 0 Å². The molecule has 0 aliphatic carbocycles. The van der Waals surface area contributed by atoms with Gasteiger partial charge in [-0.3, -0.25) is 4.57 Å². The predicted octanol–water partition coefficient (Wildman–Crippen LogP) is 11.8. The third kappa shape index (κ3) is 5.14. The van der Waals surface area contributed by atoms with Crippen LogP contribution in [0.4, 0.5) is 0 Å². The van der Waals surface area contributed by atoms with Gasteiger partial charge in [-0.1, -0.05) is 105 Å². The number of nitrogens with zero attached hydrogens (tertiary/aromatic N) is 4. The third-order valence-electron chi connectivity index (χ3n) is 10.3. The summed E-state index contributed by atoms with van der Waals surface area (Å²) >= 11 is 0. The zero-order valence-electron chi connectivity index (χ0n) is 31.0. The number of aromatic amines is 1. The lowest BCUT2D eigenvalue weighted by atomic mass is 9.84. The summed E-state index contributed by atoms with van der Waals surface area (Å²) in [6.07, 6.45) is 0. The molecular weight excluding hydrogens is 611 g/mol. The zero-order valence-corrected chi connectivity index (χ0v) is 31.0. The zero-order chi connectivity index (χ0) is 35.3. The minimum Gasteiger partial charge on any atom is -0.343 e. The summed E-state index contributed by atoms with van der Waals surface area (Å²) in [7, 11) is 2.11. The van der Waals surface area contributed by atoms with Crippen LogP contribution in [0.15, 0.2) is 97.1 Å². The highest BCUT2D eigenvalue weighted by Gasteiger charge is 2.26. The number of rotatable bonds is 3. The summed E-state index contributed by atoms with van der Waals surface area (Å²) in [6.45, 7) is 20.5. The molecule has 0 radical (unpaired) electrons. The van der Waals surface area contributed by atoms with E-state index in [4.69, 9.17) is 9.97 Å². The fraction of sp³-hybridized carbons (Fsp3) is 0.289. The molecular formula is C45H47N5. The van der Waals surface area contributed by atoms with Gasteiger partial charge in [-0.25, -0.2) is 9.97 Å². The number of fused-ring (bicyclic) bond motifs is 5. The van der Waals surface area contributed by atoms with Crippen LogP contribution in [0.25, 0.3) is 72.2 Å². The van der Waals surface area contributed by atoms with Crippen LogP contribution < -0.4 is 0 Å². The van der Waals surface area contributed by atoms with E-state index in [9.17, 15) is 0 Å². The highest BCUT2D eigenvalue weighted by atomic mass is 15.1. The first-order valence-corrected chi connectivity index (χ1v) is 17.7. The fourth-order valence-corrected chi connectivity index (χ4v) is 7.41. The first kappa shape index (κ1) is 32.1. The molecule has 0 unspecified atom stereocenters. The summed E-state index contributed by atoms with van der Waals surface area (Å²) in [6, 6.07) is 35.4. The maximum atomic E-state index is 5.57. The first-order chi connectivity index (χ1) is 23.6. The minimum absolute atomic E-state index is 0.0219. The van der Waals surface area contributed by atoms with Crippen molar-refractivity contribution in [2.24, 2.45) is 7.05 Å². The molecule has 1 N–H and O–H groups in total. The number of benzene rings is 4. The lowest BCUT2D eigenvalue weighted by Gasteiger charge is -2.21. The summed E-state index contributed by atoms with van der Waals surface area (Å²) in [5.74, 6) is 2.01. The normalized spacial score (nSPS) is 13.0. The number of imidazole rings is 1. The standard InChI is InChI=1S/C45H47N5/c1-43(2,3)29-19-22-37-34(26-29)33-20-21-35(46-41(33)50(37)42-32-16-12-11-15-31(32)39(48-42)45(7,8)9)27-23-28(25-30(24-27)44(4,5)6)40-47-36-17-13-14-18-38(36)49(40)10/h11-26,48H,1-10H3. The Morgan fingerprint density at radius 3 is 1.92 bits per heavy atom. The van der Waals surface area contributed by atoms with Crippen LogP contribution in [0.3, 0.4) is 0 Å². The van der Waals surface area contributed by atoms with Gasteiger partial charge < -0.3 is 9.55 Å². The Labute approximate surface area is 295 Å². The maximum absolute atomic E-state index is 5.57. The highest BCUT2D eigenvalue weighted by molar-refractivity contribution is 6.10. The Hall–Kier alpha value is -5.16. The van der Waals surface area contributed by atoms with Crippen LogP contribution in [-0.4, -0.2) is 24.1 Å². The van der Waals surface area contributed by atoms with E-state index >= 15 is 0 Å². The average Bonchev–Trinajstić information content (AvgIpc) is 3.72. The molecule has 0 fully saturated rings. The molecule has 8 rings (SSSR count). The summed E-state index contributed by atoms with van der Waals surface area (Å²) < 4.78 is 4.56. The fourth-order valence-electron chi connectivity index (χ4n) is 7.41. The molecule has 0 spiro atoms. The second-order valence-electron chi connectivity index (χ2n) is 17.1. The van der Waals surface area contributed by atoms with Crippen molar-refractivity contribution in [2.75, 3.05) is 0 Å². The van der Waals surface area contributed by atoms with Gasteiger partial charge in [0, 0.05) is 50.8 Å². The van der Waals surface area contributed by atoms with Crippen molar-refractivity contribution < 1.29 is 0 Å². The van der Waals surface area contributed by atoms with Crippen molar-refractivity contribution in [1.29, 1.82) is 0 Å². The van der Waals surface area contributed by atoms with Crippen molar-refractivity contribution >= 4 is 43.7 Å². The molecule has 0 amide bonds. The van der Waals surface area contributed by atoms with Gasteiger partial charge in [0.05, 0.1) is 22.2 Å². The molecule has 0 saturated carbocycles. The average molecular weight is 658 g/mol. The molecule has 0 aliphatic rings. The Morgan fingerprint density at radius 2 is 1.22 bits per heavy atom. The van der Waals surface area contributed by atoms with Crippen molar-refractivity contribution in [3.05, 3.63) is 114 Å². The second kappa shape index (κ2) is 10.9. The highest BCUT2D eigenvalue weighted by Crippen LogP contribution is 2.41. The van der Waals surface area contributed by atoms with Gasteiger partial charge in [-0.15, -0.1) is 0 Å². The van der Waals surface area contributed by atoms with E-state index < -0.39 is 0 Å². The van der Waals surface area contributed by atoms with Crippen molar-refractivity contribution in [2.45, 2.75) is 78.6 Å². The predicted molar refractivity (Wildman–Crippen MR) is 212 cm³/mol. The molecule has 0 saturated heterocycles. The summed E-state index contributed by atoms with van der Waals surface area (Å²) in [4.78, 5) is 14.6. The number of para-hydroxylation sites is 2. The van der Waals surface area contributed by atoms with E-state index in [1.165, 1.54) is 33.0 Å². The Balaban J connectivity index is 1.43. The maximum Gasteiger partial charge on any atom is 0.147 e. The van der Waals surface area contributed by atoms with E-state index in [1.807, 2.05) is 0 Å². The van der Waals surface area contributed by atoms with Gasteiger partial charge >= 0.3 is 0 Å². The number of hydrogen-bond acceptors (Lipinski definition) is 2. The van der Waals surface area contributed by atoms with Gasteiger partial charge in [0.1, 0.15) is 17.3 Å². The van der Waals surface area contributed by atoms with Crippen LogP contribution in [0.5, 0.6) is 0 Å². The van der Waals surface area contributed by atoms with E-state index in [0.717, 1.165) is 56.0 Å². The Bertz CT molecular complexity index is 2600. The lowest BCUT2D eigenvalue weighted by molar-refractivity contribution is 0.577. The van der Waals surface area contributed by atoms with Gasteiger partial charge in [0.15, 0.2) is 0 Å². The Kier molecular flexibility index (Phi) is 7.00. The molecule has 5 heteroatoms. The summed E-state index contributed by atoms with van der Waals surface area (Å²) in [5, 5.41) is 4.80. The summed E-state index contributed by atoms with van der Waals surface area (Å²) in [5.41, 5.74) is 11.0. The molecule has 0 aliphatic heterocycles. The van der Waals surface area contributed by atoms with Crippen LogP contribution in [-0.2, 0) is 23.3 Å². The van der Waals surface area contributed by atoms with Crippen LogP contribution >= 0.6 is 0 Å². The number of pyridine rings is 1. The SMILES string of the molecule is Cn1c(-c2cc(-c3ccc4c5cc(C(C)(C)C)ccc5n(-c5[nH]c(C(C)(C)C)c6ccccc56)c4n3)cc(C(C)(C)C)c2)nc2ccccc21. The van der Waals surface area contributed by atoms with E-state index in [-0.39, 0.29) is 16.2 Å². The monoisotopic (exact) mass is 657 g/mol. The van der Waals surface area contributed by atoms with Crippen LogP contribution in [0.1, 0.15) is 79.1 Å². The van der Waals surface area contributed by atoms with Crippen LogP contribution in [0, 0.1) is 0 Å². The number of aromatic nitrogens is 5. The molecule has 0 atom stereocenters. The first-order valence-electron chi connectivity index (χ1n) is 17.7. The largest absolute Gasteiger partial charge is 0.343 e. The topological polar surface area (TPSA) is 51.4 Å². The number of H-pyrrole nitrogens is 1. The van der Waals surface area contributed by atoms with E-state index in [0.29, 0.717) is 0 Å². The molecule has 4 heterocycles. The van der Waals surface area contributed by atoms with Crippen molar-refractivity contribution in [1.82, 2.24) is 24.1 Å². The number of aryl methyl sites for hydroxylation is 1. The van der Waals surface area contributed by atoms with Crippen molar-refractivity contribution in [3.8, 4) is 28.5 Å². The van der Waals surface area contributed by atoms with Gasteiger partial charge in [-0.05, 0) is 76.6 Å². The van der Waals surface area contributed by atoms with Crippen molar-refractivity contribution in [3.63, 3.8) is 0 Å². The van der Waals surface area contributed by atoms with Gasteiger partial charge in [0.25, 0.3) is 0 Å². The second-order valence-corrected chi connectivity index (χ2v) is 17.1. The molecule has 0 bridgehead atoms. The molecule has 50 heavy (non-hydrogen) atoms. The molecule has 252 valence electrons. The molecule has 5 nitrogen and oxygen atoms in total. The third-order valence-corrected chi connectivity index (χ3v) is 10.3. The molecule has 4 aromatic carbocycles. The van der Waals surface area contributed by atoms with E-state index in [2.05, 4.69) is 181 Å². The molecule has 8 aromatic rings. The number of hydrogen-bond donors (Lipinski definition) is 1. The van der Waals surface area contributed by atoms with Crippen LogP contribution in [0.2, 0.25) is 0 Å². The molecule has 4 aromatic heterocycles. The quantitative estimate of drug-likeness (QED) is 0.206.